The highest BCUT2D eigenvalue weighted by Gasteiger charge is 2.39. The van der Waals surface area contributed by atoms with E-state index >= 15 is 0 Å². The predicted octanol–water partition coefficient (Wildman–Crippen LogP) is 5.03. The minimum Gasteiger partial charge on any atom is -0.543 e. The molecule has 0 unspecified atom stereocenters. The van der Waals surface area contributed by atoms with E-state index < -0.39 is 13.2 Å². The maximum absolute atomic E-state index is 10.9. The minimum atomic E-state index is -2.00. The van der Waals surface area contributed by atoms with Gasteiger partial charge in [0, 0.05) is 5.56 Å². The van der Waals surface area contributed by atoms with E-state index in [2.05, 4.69) is 39.9 Å². The molecule has 0 aliphatic rings. The van der Waals surface area contributed by atoms with E-state index in [1.165, 1.54) is 0 Å². The molecular weight excluding hydrogens is 320 g/mol. The van der Waals surface area contributed by atoms with Crippen LogP contribution in [0.1, 0.15) is 20.8 Å². The van der Waals surface area contributed by atoms with Crippen molar-refractivity contribution in [3.05, 3.63) is 52.6 Å². The van der Waals surface area contributed by atoms with E-state index in [1.54, 1.807) is 12.1 Å². The number of hydrogen-bond donors (Lipinski definition) is 1. The summed E-state index contributed by atoms with van der Waals surface area (Å²) < 4.78 is 6.42. The standard InChI is InChI=1S/C18H23N2O3Si/c1-18(2,3)24(4,5)23-17-9-7-6-8-14(17)13-10-11-16(20(21)22)15(19)12-13/h6-10,12H,19H2,1-5H3. The van der Waals surface area contributed by atoms with Crippen molar-refractivity contribution in [2.75, 3.05) is 5.73 Å². The first-order valence-corrected chi connectivity index (χ1v) is 10.7. The van der Waals surface area contributed by atoms with E-state index in [1.807, 2.05) is 24.3 Å². The van der Waals surface area contributed by atoms with Crippen LogP contribution in [0.25, 0.3) is 11.1 Å². The molecule has 127 valence electrons. The van der Waals surface area contributed by atoms with Crippen LogP contribution in [-0.4, -0.2) is 13.2 Å². The van der Waals surface area contributed by atoms with Crippen molar-refractivity contribution >= 4 is 19.7 Å². The summed E-state index contributed by atoms with van der Waals surface area (Å²) in [7, 11) is -2.00. The van der Waals surface area contributed by atoms with Gasteiger partial charge in [0.15, 0.2) is 0 Å². The van der Waals surface area contributed by atoms with Gasteiger partial charge in [0.1, 0.15) is 11.4 Å². The van der Waals surface area contributed by atoms with Gasteiger partial charge in [0.25, 0.3) is 14.0 Å². The lowest BCUT2D eigenvalue weighted by Gasteiger charge is -2.37. The second-order valence-corrected chi connectivity index (χ2v) is 12.0. The number of nitro benzene ring substituents is 1. The summed E-state index contributed by atoms with van der Waals surface area (Å²) >= 11 is 0. The van der Waals surface area contributed by atoms with Crippen LogP contribution in [0.4, 0.5) is 11.4 Å². The third kappa shape index (κ3) is 3.59. The predicted molar refractivity (Wildman–Crippen MR) is 99.6 cm³/mol. The summed E-state index contributed by atoms with van der Waals surface area (Å²) in [6.07, 6.45) is 0. The van der Waals surface area contributed by atoms with Crippen molar-refractivity contribution in [1.29, 1.82) is 0 Å². The van der Waals surface area contributed by atoms with Crippen molar-refractivity contribution < 1.29 is 9.35 Å². The van der Waals surface area contributed by atoms with Gasteiger partial charge < -0.3 is 10.2 Å². The van der Waals surface area contributed by atoms with Crippen LogP contribution >= 0.6 is 0 Å². The van der Waals surface area contributed by atoms with Gasteiger partial charge in [-0.15, -0.1) is 0 Å². The molecule has 0 saturated heterocycles. The number of benzene rings is 2. The van der Waals surface area contributed by atoms with Crippen molar-refractivity contribution in [3.8, 4) is 16.9 Å². The molecule has 2 rings (SSSR count). The van der Waals surface area contributed by atoms with Crippen LogP contribution in [-0.2, 0) is 0 Å². The Kier molecular flexibility index (Phi) is 4.71. The van der Waals surface area contributed by atoms with Crippen LogP contribution in [0.15, 0.2) is 36.4 Å². The molecule has 0 heterocycles. The van der Waals surface area contributed by atoms with Gasteiger partial charge >= 0.3 is 0 Å². The smallest absolute Gasteiger partial charge is 0.300 e. The Morgan fingerprint density at radius 2 is 1.88 bits per heavy atom. The summed E-state index contributed by atoms with van der Waals surface area (Å²) in [5, 5.41) is 11.0. The van der Waals surface area contributed by atoms with Gasteiger partial charge in [0.05, 0.1) is 11.0 Å². The summed E-state index contributed by atoms with van der Waals surface area (Å²) in [6.45, 7) is 10.9. The number of nitro groups is 1. The highest BCUT2D eigenvalue weighted by molar-refractivity contribution is 6.74. The van der Waals surface area contributed by atoms with Gasteiger partial charge in [-0.3, -0.25) is 10.1 Å². The van der Waals surface area contributed by atoms with Crippen LogP contribution < -0.4 is 10.2 Å². The lowest BCUT2D eigenvalue weighted by Crippen LogP contribution is -2.43. The van der Waals surface area contributed by atoms with Gasteiger partial charge in [-0.2, -0.15) is 0 Å². The molecule has 1 radical (unpaired) electrons. The molecular formula is C18H23N2O3Si. The molecule has 5 nitrogen and oxygen atoms in total. The Morgan fingerprint density at radius 3 is 2.42 bits per heavy atom. The van der Waals surface area contributed by atoms with Crippen molar-refractivity contribution in [2.24, 2.45) is 0 Å². The highest BCUT2D eigenvalue weighted by Crippen LogP contribution is 2.40. The first-order valence-electron chi connectivity index (χ1n) is 7.77. The zero-order chi connectivity index (χ0) is 18.1. The molecule has 6 heteroatoms. The van der Waals surface area contributed by atoms with Gasteiger partial charge in [-0.05, 0) is 41.9 Å². The van der Waals surface area contributed by atoms with E-state index in [0.29, 0.717) is 0 Å². The fraction of sp³-hybridized carbons (Fsp3) is 0.333. The molecule has 0 aliphatic carbocycles. The normalized spacial score (nSPS) is 12.0. The van der Waals surface area contributed by atoms with Gasteiger partial charge in [0.2, 0.25) is 0 Å². The number of para-hydroxylation sites is 1. The lowest BCUT2D eigenvalue weighted by molar-refractivity contribution is -0.384. The average Bonchev–Trinajstić information content (AvgIpc) is 2.45. The Hall–Kier alpha value is -2.34. The zero-order valence-electron chi connectivity index (χ0n) is 14.7. The SMILES string of the molecule is CC(C)(C)[Si](C)(C)Oc1ccccc1-c1c[c]c([N+](=O)[O-])c(N)c1. The van der Waals surface area contributed by atoms with Crippen molar-refractivity contribution in [1.82, 2.24) is 0 Å². The minimum absolute atomic E-state index is 0.0702. The molecule has 0 aromatic heterocycles. The summed E-state index contributed by atoms with van der Waals surface area (Å²) in [4.78, 5) is 10.4. The number of nitrogens with zero attached hydrogens (tertiary/aromatic N) is 1. The number of nitrogen functional groups attached to an aromatic ring is 1. The third-order valence-electron chi connectivity index (χ3n) is 4.50. The monoisotopic (exact) mass is 343 g/mol. The van der Waals surface area contributed by atoms with Gasteiger partial charge in [-0.1, -0.05) is 39.0 Å². The Morgan fingerprint density at radius 1 is 1.25 bits per heavy atom. The van der Waals surface area contributed by atoms with E-state index in [9.17, 15) is 10.1 Å². The summed E-state index contributed by atoms with van der Waals surface area (Å²) in [5.41, 5.74) is 7.31. The Balaban J connectivity index is 2.47. The Labute approximate surface area is 143 Å². The molecule has 0 atom stereocenters. The van der Waals surface area contributed by atoms with Crippen LogP contribution in [0.3, 0.4) is 0 Å². The number of rotatable bonds is 4. The molecule has 0 fully saturated rings. The van der Waals surface area contributed by atoms with Crippen molar-refractivity contribution in [2.45, 2.75) is 38.9 Å². The van der Waals surface area contributed by atoms with E-state index in [0.717, 1.165) is 16.9 Å². The van der Waals surface area contributed by atoms with Crippen molar-refractivity contribution in [3.63, 3.8) is 0 Å². The maximum atomic E-state index is 10.9. The fourth-order valence-corrected chi connectivity index (χ4v) is 3.08. The van der Waals surface area contributed by atoms with E-state index in [4.69, 9.17) is 10.2 Å². The maximum Gasteiger partial charge on any atom is 0.300 e. The molecule has 2 N–H and O–H groups in total. The molecule has 2 aromatic rings. The van der Waals surface area contributed by atoms with E-state index in [-0.39, 0.29) is 16.4 Å². The molecule has 24 heavy (non-hydrogen) atoms. The molecule has 0 bridgehead atoms. The fourth-order valence-electron chi connectivity index (χ4n) is 2.04. The van der Waals surface area contributed by atoms with Crippen LogP contribution in [0, 0.1) is 16.2 Å². The molecule has 0 amide bonds. The topological polar surface area (TPSA) is 78.4 Å². The number of hydrogen-bond acceptors (Lipinski definition) is 4. The molecule has 0 aliphatic heterocycles. The first-order chi connectivity index (χ1) is 11.0. The zero-order valence-corrected chi connectivity index (χ0v) is 15.7. The largest absolute Gasteiger partial charge is 0.543 e. The number of nitrogens with two attached hydrogens (primary N) is 1. The summed E-state index contributed by atoms with van der Waals surface area (Å²) in [6, 6.07) is 13.5. The van der Waals surface area contributed by atoms with Crippen LogP contribution in [0.2, 0.25) is 18.1 Å². The summed E-state index contributed by atoms with van der Waals surface area (Å²) in [5.74, 6) is 0.769. The second-order valence-electron chi connectivity index (χ2n) is 7.31. The number of anilines is 1. The Bertz CT molecular complexity index is 767. The average molecular weight is 343 g/mol. The van der Waals surface area contributed by atoms with Crippen LogP contribution in [0.5, 0.6) is 5.75 Å². The second kappa shape index (κ2) is 6.28. The first kappa shape index (κ1) is 18.0. The third-order valence-corrected chi connectivity index (χ3v) is 8.84. The highest BCUT2D eigenvalue weighted by atomic mass is 28.4. The molecule has 2 aromatic carbocycles. The van der Waals surface area contributed by atoms with Gasteiger partial charge in [-0.25, -0.2) is 0 Å². The molecule has 0 spiro atoms. The lowest BCUT2D eigenvalue weighted by atomic mass is 10.0. The molecule has 0 saturated carbocycles. The quantitative estimate of drug-likeness (QED) is 0.365.